The number of thiazole rings is 1. The summed E-state index contributed by atoms with van der Waals surface area (Å²) in [4.78, 5) is 17.2. The van der Waals surface area contributed by atoms with Crippen LogP contribution in [0.4, 0.5) is 0 Å². The summed E-state index contributed by atoms with van der Waals surface area (Å²) >= 11 is 7.33. The zero-order valence-corrected chi connectivity index (χ0v) is 17.4. The molecule has 28 heavy (non-hydrogen) atoms. The highest BCUT2D eigenvalue weighted by atomic mass is 35.5. The summed E-state index contributed by atoms with van der Waals surface area (Å²) in [5.41, 5.74) is 1.51. The molecule has 0 aliphatic heterocycles. The van der Waals surface area contributed by atoms with E-state index in [1.54, 1.807) is 42.5 Å². The van der Waals surface area contributed by atoms with Gasteiger partial charge in [0.15, 0.2) is 14.6 Å². The van der Waals surface area contributed by atoms with Crippen molar-refractivity contribution in [2.45, 2.75) is 11.4 Å². The van der Waals surface area contributed by atoms with Gasteiger partial charge < -0.3 is 4.57 Å². The first-order chi connectivity index (χ1) is 13.3. The van der Waals surface area contributed by atoms with E-state index in [4.69, 9.17) is 11.6 Å². The Labute approximate surface area is 171 Å². The van der Waals surface area contributed by atoms with Gasteiger partial charge in [-0.1, -0.05) is 47.2 Å². The Hall–Kier alpha value is -2.48. The third kappa shape index (κ3) is 4.49. The number of carbonyl (C=O) groups is 1. The fourth-order valence-corrected chi connectivity index (χ4v) is 4.58. The zero-order chi connectivity index (χ0) is 20.3. The van der Waals surface area contributed by atoms with Crippen molar-refractivity contribution in [3.63, 3.8) is 0 Å². The first-order valence-electron chi connectivity index (χ1n) is 8.25. The lowest BCUT2D eigenvalue weighted by Crippen LogP contribution is -2.15. The molecule has 8 heteroatoms. The van der Waals surface area contributed by atoms with Gasteiger partial charge in [-0.15, -0.1) is 6.58 Å². The fourth-order valence-electron chi connectivity index (χ4n) is 2.58. The van der Waals surface area contributed by atoms with Gasteiger partial charge in [0, 0.05) is 23.9 Å². The molecule has 1 amide bonds. The Morgan fingerprint density at radius 1 is 1.29 bits per heavy atom. The summed E-state index contributed by atoms with van der Waals surface area (Å²) in [5.74, 6) is -0.437. The molecule has 0 aliphatic rings. The number of aromatic nitrogens is 1. The Bertz CT molecular complexity index is 1270. The van der Waals surface area contributed by atoms with Crippen LogP contribution < -0.4 is 4.80 Å². The fraction of sp³-hybridized carbons (Fsp3) is 0.100. The number of hydrogen-bond donors (Lipinski definition) is 0. The van der Waals surface area contributed by atoms with E-state index in [-0.39, 0.29) is 4.90 Å². The van der Waals surface area contributed by atoms with E-state index in [9.17, 15) is 13.2 Å². The van der Waals surface area contributed by atoms with Crippen LogP contribution in [0.1, 0.15) is 5.56 Å². The molecule has 0 saturated heterocycles. The van der Waals surface area contributed by atoms with Crippen molar-refractivity contribution in [2.24, 2.45) is 4.99 Å². The monoisotopic (exact) mass is 432 g/mol. The molecule has 0 aliphatic carbocycles. The number of nitrogens with zero attached hydrogens (tertiary/aromatic N) is 2. The molecule has 3 aromatic rings. The number of sulfone groups is 1. The molecule has 0 unspecified atom stereocenters. The Balaban J connectivity index is 2.05. The van der Waals surface area contributed by atoms with Gasteiger partial charge in [-0.25, -0.2) is 8.42 Å². The minimum absolute atomic E-state index is 0.225. The molecule has 1 aromatic heterocycles. The van der Waals surface area contributed by atoms with E-state index in [0.717, 1.165) is 22.0 Å². The van der Waals surface area contributed by atoms with Gasteiger partial charge in [0.1, 0.15) is 0 Å². The Morgan fingerprint density at radius 3 is 2.71 bits per heavy atom. The molecule has 0 fully saturated rings. The van der Waals surface area contributed by atoms with Crippen molar-refractivity contribution in [3.8, 4) is 0 Å². The maximum absolute atomic E-state index is 12.3. The van der Waals surface area contributed by atoms with E-state index >= 15 is 0 Å². The van der Waals surface area contributed by atoms with E-state index in [0.29, 0.717) is 16.4 Å². The summed E-state index contributed by atoms with van der Waals surface area (Å²) in [6, 6.07) is 12.0. The third-order valence-electron chi connectivity index (χ3n) is 3.91. The van der Waals surface area contributed by atoms with Crippen LogP contribution in [-0.4, -0.2) is 25.1 Å². The van der Waals surface area contributed by atoms with Gasteiger partial charge in [0.2, 0.25) is 0 Å². The Kier molecular flexibility index (Phi) is 5.98. The molecule has 0 bridgehead atoms. The van der Waals surface area contributed by atoms with Crippen LogP contribution in [0.25, 0.3) is 16.3 Å². The average Bonchev–Trinajstić information content (AvgIpc) is 2.97. The Morgan fingerprint density at radius 2 is 2.04 bits per heavy atom. The molecular weight excluding hydrogens is 416 g/mol. The first kappa shape index (κ1) is 20.3. The van der Waals surface area contributed by atoms with E-state index in [1.807, 2.05) is 16.7 Å². The van der Waals surface area contributed by atoms with Crippen molar-refractivity contribution >= 4 is 55.0 Å². The van der Waals surface area contributed by atoms with Gasteiger partial charge in [0.25, 0.3) is 5.91 Å². The lowest BCUT2D eigenvalue weighted by molar-refractivity contribution is -0.113. The van der Waals surface area contributed by atoms with Gasteiger partial charge in [0.05, 0.1) is 15.1 Å². The molecule has 0 saturated carbocycles. The van der Waals surface area contributed by atoms with Gasteiger partial charge in [-0.05, 0) is 35.9 Å². The summed E-state index contributed by atoms with van der Waals surface area (Å²) < 4.78 is 26.2. The minimum Gasteiger partial charge on any atom is -0.312 e. The van der Waals surface area contributed by atoms with Gasteiger partial charge in [-0.3, -0.25) is 4.79 Å². The van der Waals surface area contributed by atoms with Crippen LogP contribution in [0.15, 0.2) is 71.1 Å². The number of hydrogen-bond acceptors (Lipinski definition) is 4. The van der Waals surface area contributed by atoms with Crippen LogP contribution in [0, 0.1) is 0 Å². The number of carbonyl (C=O) groups excluding carboxylic acids is 1. The molecular formula is C20H17ClN2O3S2. The second-order valence-corrected chi connectivity index (χ2v) is 9.42. The zero-order valence-electron chi connectivity index (χ0n) is 15.0. The highest BCUT2D eigenvalue weighted by molar-refractivity contribution is 7.90. The highest BCUT2D eigenvalue weighted by Gasteiger charge is 2.12. The number of halogens is 1. The normalized spacial score (nSPS) is 12.7. The quantitative estimate of drug-likeness (QED) is 0.450. The second kappa shape index (κ2) is 8.26. The van der Waals surface area contributed by atoms with E-state index in [1.165, 1.54) is 17.4 Å². The third-order valence-corrected chi connectivity index (χ3v) is 6.41. The topological polar surface area (TPSA) is 68.5 Å². The average molecular weight is 433 g/mol. The minimum atomic E-state index is -3.32. The lowest BCUT2D eigenvalue weighted by Gasteiger charge is -2.02. The second-order valence-electron chi connectivity index (χ2n) is 5.99. The maximum atomic E-state index is 12.3. The van der Waals surface area contributed by atoms with Crippen molar-refractivity contribution in [1.29, 1.82) is 0 Å². The standard InChI is InChI=1S/C20H17ClN2O3S2/c1-3-12-23-17-10-9-15(28(2,25)26)13-18(17)27-20(23)22-19(24)11-8-14-6-4-5-7-16(14)21/h3-11,13H,1,12H2,2H3. The number of amides is 1. The van der Waals surface area contributed by atoms with Crippen molar-refractivity contribution < 1.29 is 13.2 Å². The van der Waals surface area contributed by atoms with E-state index in [2.05, 4.69) is 11.6 Å². The van der Waals surface area contributed by atoms with Crippen LogP contribution in [0.3, 0.4) is 0 Å². The summed E-state index contributed by atoms with van der Waals surface area (Å²) in [6.45, 7) is 4.18. The van der Waals surface area contributed by atoms with Gasteiger partial charge >= 0.3 is 0 Å². The highest BCUT2D eigenvalue weighted by Crippen LogP contribution is 2.22. The molecule has 0 N–H and O–H groups in total. The van der Waals surface area contributed by atoms with Crippen molar-refractivity contribution in [3.05, 3.63) is 76.6 Å². The number of allylic oxidation sites excluding steroid dienone is 1. The molecule has 0 spiro atoms. The maximum Gasteiger partial charge on any atom is 0.272 e. The molecule has 5 nitrogen and oxygen atoms in total. The summed E-state index contributed by atoms with van der Waals surface area (Å²) in [7, 11) is -3.32. The van der Waals surface area contributed by atoms with Crippen molar-refractivity contribution in [2.75, 3.05) is 6.26 Å². The van der Waals surface area contributed by atoms with Crippen LogP contribution >= 0.6 is 22.9 Å². The molecule has 1 heterocycles. The SMILES string of the molecule is C=CCn1c(=NC(=O)C=Cc2ccccc2Cl)sc2cc(S(C)(=O)=O)ccc21. The molecule has 0 atom stereocenters. The summed E-state index contributed by atoms with van der Waals surface area (Å²) in [6.07, 6.45) is 5.82. The van der Waals surface area contributed by atoms with Crippen LogP contribution in [0.2, 0.25) is 5.02 Å². The number of benzene rings is 2. The molecule has 0 radical (unpaired) electrons. The number of fused-ring (bicyclic) bond motifs is 1. The van der Waals surface area contributed by atoms with Crippen LogP contribution in [0.5, 0.6) is 0 Å². The van der Waals surface area contributed by atoms with E-state index < -0.39 is 15.7 Å². The lowest BCUT2D eigenvalue weighted by atomic mass is 10.2. The largest absolute Gasteiger partial charge is 0.312 e. The summed E-state index contributed by atoms with van der Waals surface area (Å²) in [5, 5.41) is 0.545. The van der Waals surface area contributed by atoms with Crippen molar-refractivity contribution in [1.82, 2.24) is 4.57 Å². The number of rotatable bonds is 5. The van der Waals surface area contributed by atoms with Gasteiger partial charge in [-0.2, -0.15) is 4.99 Å². The first-order valence-corrected chi connectivity index (χ1v) is 11.3. The van der Waals surface area contributed by atoms with Crippen LogP contribution in [-0.2, 0) is 21.2 Å². The smallest absolute Gasteiger partial charge is 0.272 e. The predicted octanol–water partition coefficient (Wildman–Crippen LogP) is 4.09. The molecule has 3 rings (SSSR count). The molecule has 2 aromatic carbocycles. The molecule has 144 valence electrons. The predicted molar refractivity (Wildman–Crippen MR) is 114 cm³/mol.